The van der Waals surface area contributed by atoms with Crippen LogP contribution in [0.1, 0.15) is 12.5 Å². The molecular weight excluding hydrogens is 445 g/mol. The van der Waals surface area contributed by atoms with Crippen molar-refractivity contribution in [1.29, 1.82) is 0 Å². The maximum Gasteiger partial charge on any atom is 0.265 e. The lowest BCUT2D eigenvalue weighted by molar-refractivity contribution is -0.122. The summed E-state index contributed by atoms with van der Waals surface area (Å²) in [6.45, 7) is 3.69. The number of ether oxygens (including phenoxy) is 1. The van der Waals surface area contributed by atoms with Gasteiger partial charge in [0.2, 0.25) is 0 Å². The van der Waals surface area contributed by atoms with Crippen molar-refractivity contribution in [3.05, 3.63) is 56.1 Å². The monoisotopic (exact) mass is 459 g/mol. The van der Waals surface area contributed by atoms with Gasteiger partial charge in [-0.15, -0.1) is 0 Å². The Morgan fingerprint density at radius 2 is 1.90 bits per heavy atom. The molecule has 0 fully saturated rings. The average molecular weight is 460 g/mol. The van der Waals surface area contributed by atoms with E-state index in [0.29, 0.717) is 5.75 Å². The first-order valence-corrected chi connectivity index (χ1v) is 8.32. The maximum absolute atomic E-state index is 12.2. The summed E-state index contributed by atoms with van der Waals surface area (Å²) in [5.74, 6) is 0.518. The third kappa shape index (κ3) is 4.71. The van der Waals surface area contributed by atoms with E-state index in [1.807, 2.05) is 49.4 Å². The van der Waals surface area contributed by atoms with Crippen LogP contribution < -0.4 is 10.1 Å². The highest BCUT2D eigenvalue weighted by Gasteiger charge is 2.15. The number of amides is 1. The van der Waals surface area contributed by atoms with Gasteiger partial charge in [0.15, 0.2) is 6.10 Å². The van der Waals surface area contributed by atoms with E-state index < -0.39 is 6.10 Å². The predicted molar refractivity (Wildman–Crippen MR) is 96.8 cm³/mol. The highest BCUT2D eigenvalue weighted by atomic mass is 127. The van der Waals surface area contributed by atoms with Gasteiger partial charge >= 0.3 is 0 Å². The lowest BCUT2D eigenvalue weighted by Crippen LogP contribution is -2.30. The van der Waals surface area contributed by atoms with Crippen LogP contribution in [0, 0.1) is 10.5 Å². The second-order valence-corrected chi connectivity index (χ2v) is 6.82. The molecule has 1 atom stereocenters. The van der Waals surface area contributed by atoms with E-state index in [4.69, 9.17) is 4.74 Å². The molecule has 0 heterocycles. The number of benzene rings is 2. The van der Waals surface area contributed by atoms with Crippen LogP contribution in [0.25, 0.3) is 0 Å². The largest absolute Gasteiger partial charge is 0.481 e. The summed E-state index contributed by atoms with van der Waals surface area (Å²) in [4.78, 5) is 12.2. The summed E-state index contributed by atoms with van der Waals surface area (Å²) in [6.07, 6.45) is -0.562. The normalized spacial score (nSPS) is 11.8. The third-order valence-corrected chi connectivity index (χ3v) is 4.15. The smallest absolute Gasteiger partial charge is 0.265 e. The average Bonchev–Trinajstić information content (AvgIpc) is 2.44. The van der Waals surface area contributed by atoms with Gasteiger partial charge in [0.1, 0.15) is 5.75 Å². The van der Waals surface area contributed by atoms with Gasteiger partial charge in [-0.1, -0.05) is 15.9 Å². The second-order valence-electron chi connectivity index (χ2n) is 4.66. The molecule has 110 valence electrons. The molecule has 3 nitrogen and oxygen atoms in total. The summed E-state index contributed by atoms with van der Waals surface area (Å²) >= 11 is 5.63. The van der Waals surface area contributed by atoms with Gasteiger partial charge in [-0.3, -0.25) is 4.79 Å². The minimum Gasteiger partial charge on any atom is -0.481 e. The fourth-order valence-electron chi connectivity index (χ4n) is 1.77. The first-order chi connectivity index (χ1) is 9.95. The standard InChI is InChI=1S/C16H15BrINO2/c1-10-9-12(17)3-8-15(10)19-16(20)11(2)21-14-6-4-13(18)5-7-14/h3-9,11H,1-2H3,(H,19,20)/t11-/m1/s1. The topological polar surface area (TPSA) is 38.3 Å². The van der Waals surface area contributed by atoms with Crippen LogP contribution in [0.3, 0.4) is 0 Å². The van der Waals surface area contributed by atoms with Crippen LogP contribution in [0.5, 0.6) is 5.75 Å². The summed E-state index contributed by atoms with van der Waals surface area (Å²) in [6, 6.07) is 13.3. The molecule has 5 heteroatoms. The number of rotatable bonds is 4. The fourth-order valence-corrected chi connectivity index (χ4v) is 2.61. The Kier molecular flexibility index (Phi) is 5.64. The molecule has 0 aliphatic heterocycles. The molecule has 2 rings (SSSR count). The van der Waals surface area contributed by atoms with Crippen molar-refractivity contribution in [2.75, 3.05) is 5.32 Å². The van der Waals surface area contributed by atoms with Crippen molar-refractivity contribution < 1.29 is 9.53 Å². The Balaban J connectivity index is 2.00. The fraction of sp³-hybridized carbons (Fsp3) is 0.188. The molecular formula is C16H15BrINO2. The molecule has 2 aromatic rings. The van der Waals surface area contributed by atoms with Crippen LogP contribution in [-0.4, -0.2) is 12.0 Å². The van der Waals surface area contributed by atoms with Crippen molar-refractivity contribution in [3.8, 4) is 5.75 Å². The zero-order valence-corrected chi connectivity index (χ0v) is 15.4. The Bertz CT molecular complexity index is 643. The van der Waals surface area contributed by atoms with Crippen molar-refractivity contribution in [2.45, 2.75) is 20.0 Å². The zero-order chi connectivity index (χ0) is 15.4. The van der Waals surface area contributed by atoms with Crippen LogP contribution in [0.4, 0.5) is 5.69 Å². The van der Waals surface area contributed by atoms with E-state index in [0.717, 1.165) is 19.3 Å². The Morgan fingerprint density at radius 1 is 1.24 bits per heavy atom. The molecule has 0 aromatic heterocycles. The molecule has 1 N–H and O–H groups in total. The number of carbonyl (C=O) groups is 1. The van der Waals surface area contributed by atoms with Crippen molar-refractivity contribution in [3.63, 3.8) is 0 Å². The SMILES string of the molecule is Cc1cc(Br)ccc1NC(=O)[C@@H](C)Oc1ccc(I)cc1. The molecule has 0 aliphatic carbocycles. The molecule has 0 bridgehead atoms. The highest BCUT2D eigenvalue weighted by molar-refractivity contribution is 14.1. The summed E-state index contributed by atoms with van der Waals surface area (Å²) in [7, 11) is 0. The number of halogens is 2. The summed E-state index contributed by atoms with van der Waals surface area (Å²) in [5.41, 5.74) is 1.79. The van der Waals surface area contributed by atoms with E-state index in [2.05, 4.69) is 43.8 Å². The van der Waals surface area contributed by atoms with Gasteiger partial charge < -0.3 is 10.1 Å². The molecule has 0 radical (unpaired) electrons. The van der Waals surface area contributed by atoms with E-state index in [9.17, 15) is 4.79 Å². The lowest BCUT2D eigenvalue weighted by Gasteiger charge is -2.16. The molecule has 0 saturated heterocycles. The van der Waals surface area contributed by atoms with Gasteiger partial charge in [-0.05, 0) is 84.5 Å². The summed E-state index contributed by atoms with van der Waals surface area (Å²) in [5, 5.41) is 2.88. The Labute approximate surface area is 146 Å². The van der Waals surface area contributed by atoms with Crippen LogP contribution in [0.2, 0.25) is 0 Å². The summed E-state index contributed by atoms with van der Waals surface area (Å²) < 4.78 is 7.76. The van der Waals surface area contributed by atoms with Crippen molar-refractivity contribution in [1.82, 2.24) is 0 Å². The second kappa shape index (κ2) is 7.26. The van der Waals surface area contributed by atoms with Crippen molar-refractivity contribution in [2.24, 2.45) is 0 Å². The van der Waals surface area contributed by atoms with Crippen molar-refractivity contribution >= 4 is 50.1 Å². The van der Waals surface area contributed by atoms with Crippen LogP contribution in [0.15, 0.2) is 46.9 Å². The molecule has 0 unspecified atom stereocenters. The van der Waals surface area contributed by atoms with Gasteiger partial charge in [0.25, 0.3) is 5.91 Å². The predicted octanol–water partition coefficient (Wildman–Crippen LogP) is 4.77. The molecule has 0 spiro atoms. The number of aryl methyl sites for hydroxylation is 1. The minimum atomic E-state index is -0.562. The van der Waals surface area contributed by atoms with Crippen LogP contribution in [-0.2, 0) is 4.79 Å². The zero-order valence-electron chi connectivity index (χ0n) is 11.7. The third-order valence-electron chi connectivity index (χ3n) is 2.94. The Morgan fingerprint density at radius 3 is 2.52 bits per heavy atom. The van der Waals surface area contributed by atoms with E-state index >= 15 is 0 Å². The molecule has 0 saturated carbocycles. The van der Waals surface area contributed by atoms with Gasteiger partial charge in [0.05, 0.1) is 0 Å². The maximum atomic E-state index is 12.2. The number of hydrogen-bond acceptors (Lipinski definition) is 2. The number of anilines is 1. The number of carbonyl (C=O) groups excluding carboxylic acids is 1. The first-order valence-electron chi connectivity index (χ1n) is 6.45. The highest BCUT2D eigenvalue weighted by Crippen LogP contribution is 2.21. The van der Waals surface area contributed by atoms with E-state index in [1.165, 1.54) is 0 Å². The van der Waals surface area contributed by atoms with Gasteiger partial charge in [0, 0.05) is 13.7 Å². The van der Waals surface area contributed by atoms with E-state index in [1.54, 1.807) is 6.92 Å². The first kappa shape index (κ1) is 16.3. The number of nitrogens with one attached hydrogen (secondary N) is 1. The molecule has 2 aromatic carbocycles. The Hall–Kier alpha value is -1.08. The molecule has 21 heavy (non-hydrogen) atoms. The molecule has 0 aliphatic rings. The minimum absolute atomic E-state index is 0.168. The van der Waals surface area contributed by atoms with Gasteiger partial charge in [-0.25, -0.2) is 0 Å². The van der Waals surface area contributed by atoms with Crippen LogP contribution >= 0.6 is 38.5 Å². The molecule has 1 amide bonds. The number of hydrogen-bond donors (Lipinski definition) is 1. The van der Waals surface area contributed by atoms with E-state index in [-0.39, 0.29) is 5.91 Å². The quantitative estimate of drug-likeness (QED) is 0.669. The lowest BCUT2D eigenvalue weighted by atomic mass is 10.2. The van der Waals surface area contributed by atoms with Gasteiger partial charge in [-0.2, -0.15) is 0 Å².